The highest BCUT2D eigenvalue weighted by Crippen LogP contribution is 2.43. The summed E-state index contributed by atoms with van der Waals surface area (Å²) >= 11 is 0. The quantitative estimate of drug-likeness (QED) is 0.834. The number of rotatable bonds is 4. The summed E-state index contributed by atoms with van der Waals surface area (Å²) < 4.78 is 18.4. The van der Waals surface area contributed by atoms with Crippen LogP contribution in [0, 0.1) is 0 Å². The Morgan fingerprint density at radius 2 is 1.50 bits per heavy atom. The van der Waals surface area contributed by atoms with Crippen molar-refractivity contribution in [3.05, 3.63) is 39.0 Å². The van der Waals surface area contributed by atoms with Gasteiger partial charge in [0, 0.05) is 25.7 Å². The first-order valence-electron chi connectivity index (χ1n) is 6.52. The fourth-order valence-corrected chi connectivity index (χ4v) is 2.29. The smallest absolute Gasteiger partial charge is 0.330 e. The van der Waals surface area contributed by atoms with Crippen molar-refractivity contribution in [2.45, 2.75) is 0 Å². The lowest BCUT2D eigenvalue weighted by molar-refractivity contribution is 0.325. The first-order chi connectivity index (χ1) is 10.5. The van der Waals surface area contributed by atoms with Gasteiger partial charge in [0.2, 0.25) is 5.75 Å². The van der Waals surface area contributed by atoms with Crippen LogP contribution in [0.1, 0.15) is 0 Å². The lowest BCUT2D eigenvalue weighted by Crippen LogP contribution is -2.37. The molecule has 0 atom stereocenters. The van der Waals surface area contributed by atoms with E-state index in [2.05, 4.69) is 0 Å². The third-order valence-corrected chi connectivity index (χ3v) is 3.51. The molecule has 0 bridgehead atoms. The largest absolute Gasteiger partial charge is 0.493 e. The van der Waals surface area contributed by atoms with Crippen molar-refractivity contribution >= 4 is 0 Å². The molecule has 1 aromatic carbocycles. The van der Waals surface area contributed by atoms with E-state index in [1.807, 2.05) is 0 Å². The Labute approximate surface area is 127 Å². The van der Waals surface area contributed by atoms with Crippen LogP contribution in [0.15, 0.2) is 27.8 Å². The summed E-state index contributed by atoms with van der Waals surface area (Å²) in [7, 11) is 7.52. The zero-order chi connectivity index (χ0) is 16.4. The maximum atomic E-state index is 12.1. The molecule has 0 radical (unpaired) electrons. The summed E-state index contributed by atoms with van der Waals surface area (Å²) in [6.07, 6.45) is 0. The maximum absolute atomic E-state index is 12.1. The normalized spacial score (nSPS) is 10.4. The first-order valence-corrected chi connectivity index (χ1v) is 6.52. The molecule has 0 unspecified atom stereocenters. The van der Waals surface area contributed by atoms with E-state index < -0.39 is 11.2 Å². The Hall–Kier alpha value is -2.70. The molecule has 0 fully saturated rings. The van der Waals surface area contributed by atoms with Gasteiger partial charge in [0.25, 0.3) is 5.56 Å². The highest BCUT2D eigenvalue weighted by atomic mass is 16.5. The van der Waals surface area contributed by atoms with Crippen LogP contribution < -0.4 is 25.5 Å². The van der Waals surface area contributed by atoms with Crippen LogP contribution in [0.3, 0.4) is 0 Å². The van der Waals surface area contributed by atoms with Crippen LogP contribution in [-0.4, -0.2) is 30.5 Å². The highest BCUT2D eigenvalue weighted by molar-refractivity contribution is 5.74. The molecule has 0 aliphatic carbocycles. The van der Waals surface area contributed by atoms with Gasteiger partial charge in [0.15, 0.2) is 11.5 Å². The van der Waals surface area contributed by atoms with Gasteiger partial charge in [-0.2, -0.15) is 0 Å². The Balaban J connectivity index is 2.85. The van der Waals surface area contributed by atoms with Crippen LogP contribution in [0.2, 0.25) is 0 Å². The Bertz CT molecular complexity index is 820. The molecule has 0 aliphatic rings. The SMILES string of the molecule is COc1ccc(-c2cc(=O)n(C)c(=O)n2C)c(OC)c1OC. The Kier molecular flexibility index (Phi) is 4.25. The van der Waals surface area contributed by atoms with Gasteiger partial charge in [-0.25, -0.2) is 4.79 Å². The van der Waals surface area contributed by atoms with Gasteiger partial charge in [-0.3, -0.25) is 13.9 Å². The predicted octanol–water partition coefficient (Wildman–Crippen LogP) is 0.777. The predicted molar refractivity (Wildman–Crippen MR) is 82.0 cm³/mol. The fraction of sp³-hybridized carbons (Fsp3) is 0.333. The van der Waals surface area contributed by atoms with Gasteiger partial charge in [0.1, 0.15) is 0 Å². The van der Waals surface area contributed by atoms with Gasteiger partial charge in [0.05, 0.1) is 27.0 Å². The average molecular weight is 306 g/mol. The van der Waals surface area contributed by atoms with Crippen molar-refractivity contribution in [1.82, 2.24) is 9.13 Å². The minimum absolute atomic E-state index is 0.394. The summed E-state index contributed by atoms with van der Waals surface area (Å²) in [5.74, 6) is 1.29. The van der Waals surface area contributed by atoms with Crippen molar-refractivity contribution in [3.8, 4) is 28.5 Å². The average Bonchev–Trinajstić information content (AvgIpc) is 2.54. The van der Waals surface area contributed by atoms with E-state index in [0.29, 0.717) is 28.5 Å². The van der Waals surface area contributed by atoms with Gasteiger partial charge in [-0.15, -0.1) is 0 Å². The van der Waals surface area contributed by atoms with Crippen molar-refractivity contribution in [3.63, 3.8) is 0 Å². The number of hydrogen-bond donors (Lipinski definition) is 0. The molecule has 2 aromatic rings. The van der Waals surface area contributed by atoms with E-state index in [0.717, 1.165) is 4.57 Å². The summed E-state index contributed by atoms with van der Waals surface area (Å²) in [6.45, 7) is 0. The summed E-state index contributed by atoms with van der Waals surface area (Å²) in [5.41, 5.74) is 0.192. The van der Waals surface area contributed by atoms with Crippen molar-refractivity contribution in [1.29, 1.82) is 0 Å². The van der Waals surface area contributed by atoms with E-state index >= 15 is 0 Å². The lowest BCUT2D eigenvalue weighted by Gasteiger charge is -2.17. The Morgan fingerprint density at radius 1 is 0.864 bits per heavy atom. The molecule has 0 N–H and O–H groups in total. The van der Waals surface area contributed by atoms with Gasteiger partial charge in [-0.1, -0.05) is 0 Å². The van der Waals surface area contributed by atoms with E-state index in [9.17, 15) is 9.59 Å². The van der Waals surface area contributed by atoms with Gasteiger partial charge >= 0.3 is 5.69 Å². The molecule has 1 aromatic heterocycles. The van der Waals surface area contributed by atoms with E-state index in [1.165, 1.54) is 39.0 Å². The van der Waals surface area contributed by atoms with Crippen molar-refractivity contribution in [2.24, 2.45) is 14.1 Å². The first kappa shape index (κ1) is 15.7. The molecule has 7 nitrogen and oxygen atoms in total. The molecule has 1 heterocycles. The van der Waals surface area contributed by atoms with Gasteiger partial charge in [-0.05, 0) is 12.1 Å². The summed E-state index contributed by atoms with van der Waals surface area (Å²) in [5, 5.41) is 0. The number of nitrogens with zero attached hydrogens (tertiary/aromatic N) is 2. The molecule has 118 valence electrons. The van der Waals surface area contributed by atoms with E-state index in [-0.39, 0.29) is 0 Å². The maximum Gasteiger partial charge on any atom is 0.330 e. The third kappa shape index (κ3) is 2.34. The van der Waals surface area contributed by atoms with E-state index in [4.69, 9.17) is 14.2 Å². The Morgan fingerprint density at radius 3 is 2.05 bits per heavy atom. The van der Waals surface area contributed by atoms with Crippen LogP contribution in [0.5, 0.6) is 17.2 Å². The molecular formula is C15H18N2O5. The van der Waals surface area contributed by atoms with Gasteiger partial charge < -0.3 is 14.2 Å². The second-order valence-corrected chi connectivity index (χ2v) is 4.65. The molecule has 7 heteroatoms. The van der Waals surface area contributed by atoms with E-state index in [1.54, 1.807) is 19.2 Å². The fourth-order valence-electron chi connectivity index (χ4n) is 2.29. The number of aromatic nitrogens is 2. The monoisotopic (exact) mass is 306 g/mol. The van der Waals surface area contributed by atoms with Crippen molar-refractivity contribution in [2.75, 3.05) is 21.3 Å². The molecule has 0 amide bonds. The third-order valence-electron chi connectivity index (χ3n) is 3.51. The molecule has 22 heavy (non-hydrogen) atoms. The number of methoxy groups -OCH3 is 3. The zero-order valence-corrected chi connectivity index (χ0v) is 13.2. The second kappa shape index (κ2) is 5.97. The van der Waals surface area contributed by atoms with Crippen molar-refractivity contribution < 1.29 is 14.2 Å². The summed E-state index contributed by atoms with van der Waals surface area (Å²) in [4.78, 5) is 24.0. The molecule has 0 saturated heterocycles. The molecule has 0 aliphatic heterocycles. The highest BCUT2D eigenvalue weighted by Gasteiger charge is 2.19. The molecule has 0 saturated carbocycles. The second-order valence-electron chi connectivity index (χ2n) is 4.65. The molecule has 0 spiro atoms. The number of hydrogen-bond acceptors (Lipinski definition) is 5. The van der Waals surface area contributed by atoms with Crippen LogP contribution in [-0.2, 0) is 14.1 Å². The van der Waals surface area contributed by atoms with Crippen LogP contribution in [0.25, 0.3) is 11.3 Å². The standard InChI is InChI=1S/C15H18N2O5/c1-16-10(8-12(18)17(2)15(16)19)9-6-7-11(20-3)14(22-5)13(9)21-4/h6-8H,1-5H3. The minimum Gasteiger partial charge on any atom is -0.493 e. The topological polar surface area (TPSA) is 71.7 Å². The lowest BCUT2D eigenvalue weighted by atomic mass is 10.1. The van der Waals surface area contributed by atoms with Crippen LogP contribution in [0.4, 0.5) is 0 Å². The minimum atomic E-state index is -0.417. The number of ether oxygens (including phenoxy) is 3. The number of benzene rings is 1. The molecular weight excluding hydrogens is 288 g/mol. The summed E-state index contributed by atoms with van der Waals surface area (Å²) in [6, 6.07) is 4.79. The molecule has 2 rings (SSSR count). The van der Waals surface area contributed by atoms with Crippen LogP contribution >= 0.6 is 0 Å². The zero-order valence-electron chi connectivity index (χ0n) is 13.2.